The molecular formula is C24H28N4O2. The highest BCUT2D eigenvalue weighted by Crippen LogP contribution is 2.18. The van der Waals surface area contributed by atoms with Gasteiger partial charge in [0.1, 0.15) is 11.8 Å². The molecule has 6 nitrogen and oxygen atoms in total. The van der Waals surface area contributed by atoms with Crippen LogP contribution in [-0.4, -0.2) is 35.6 Å². The number of carbonyl (C=O) groups excluding carboxylic acids is 1. The van der Waals surface area contributed by atoms with E-state index in [1.54, 1.807) is 24.8 Å². The molecule has 0 aliphatic heterocycles. The second-order valence-corrected chi connectivity index (χ2v) is 6.89. The van der Waals surface area contributed by atoms with E-state index < -0.39 is 6.04 Å². The minimum absolute atomic E-state index is 0.0389. The third-order valence-electron chi connectivity index (χ3n) is 4.76. The molecule has 2 aromatic heterocycles. The Hall–Kier alpha value is -3.25. The molecule has 0 spiro atoms. The molecule has 30 heavy (non-hydrogen) atoms. The number of aromatic nitrogens is 2. The largest absolute Gasteiger partial charge is 0.494 e. The van der Waals surface area contributed by atoms with Gasteiger partial charge in [-0.15, -0.1) is 0 Å². The third-order valence-corrected chi connectivity index (χ3v) is 4.76. The molecular weight excluding hydrogens is 376 g/mol. The maximum absolute atomic E-state index is 13.0. The van der Waals surface area contributed by atoms with Gasteiger partial charge in [-0.3, -0.25) is 14.8 Å². The van der Waals surface area contributed by atoms with Crippen LogP contribution < -0.4 is 15.4 Å². The van der Waals surface area contributed by atoms with Gasteiger partial charge in [0.05, 0.1) is 6.61 Å². The number of nitrogens with one attached hydrogen (secondary N) is 2. The Morgan fingerprint density at radius 3 is 2.00 bits per heavy atom. The van der Waals surface area contributed by atoms with Crippen LogP contribution in [0.1, 0.15) is 29.7 Å². The van der Waals surface area contributed by atoms with Crippen LogP contribution in [-0.2, 0) is 17.6 Å². The predicted octanol–water partition coefficient (Wildman–Crippen LogP) is 3.11. The fraction of sp³-hybridized carbons (Fsp3) is 0.292. The zero-order valence-electron chi connectivity index (χ0n) is 17.3. The fourth-order valence-corrected chi connectivity index (χ4v) is 3.18. The van der Waals surface area contributed by atoms with Gasteiger partial charge >= 0.3 is 0 Å². The first-order valence-corrected chi connectivity index (χ1v) is 10.3. The lowest BCUT2D eigenvalue weighted by molar-refractivity contribution is -0.123. The molecule has 1 amide bonds. The molecule has 0 saturated heterocycles. The van der Waals surface area contributed by atoms with Crippen molar-refractivity contribution in [1.29, 1.82) is 0 Å². The summed E-state index contributed by atoms with van der Waals surface area (Å²) in [4.78, 5) is 21.0. The molecule has 1 unspecified atom stereocenters. The van der Waals surface area contributed by atoms with Gasteiger partial charge in [-0.1, -0.05) is 12.1 Å². The standard InChI is InChI=1S/C24H28N4O2/c1-2-30-22-5-3-21(4-6-22)23(27-17-11-19-7-13-25-14-8-19)24(29)28-18-12-20-9-15-26-16-10-20/h3-10,13-16,23,27H,2,11-12,17-18H2,1H3,(H,28,29). The number of pyridine rings is 2. The van der Waals surface area contributed by atoms with Crippen LogP contribution in [0.2, 0.25) is 0 Å². The van der Waals surface area contributed by atoms with Crippen LogP contribution in [0.25, 0.3) is 0 Å². The molecule has 0 aliphatic rings. The van der Waals surface area contributed by atoms with E-state index in [1.807, 2.05) is 55.5 Å². The highest BCUT2D eigenvalue weighted by Gasteiger charge is 2.19. The second-order valence-electron chi connectivity index (χ2n) is 6.89. The first kappa shape index (κ1) is 21.5. The predicted molar refractivity (Wildman–Crippen MR) is 117 cm³/mol. The average Bonchev–Trinajstić information content (AvgIpc) is 2.79. The van der Waals surface area contributed by atoms with Crippen molar-refractivity contribution in [1.82, 2.24) is 20.6 Å². The van der Waals surface area contributed by atoms with E-state index in [9.17, 15) is 4.79 Å². The quantitative estimate of drug-likeness (QED) is 0.514. The Bertz CT molecular complexity index is 886. The van der Waals surface area contributed by atoms with Crippen molar-refractivity contribution >= 4 is 5.91 Å². The van der Waals surface area contributed by atoms with Gasteiger partial charge in [-0.2, -0.15) is 0 Å². The summed E-state index contributed by atoms with van der Waals surface area (Å²) in [5.74, 6) is 0.762. The number of benzene rings is 1. The van der Waals surface area contributed by atoms with Crippen molar-refractivity contribution < 1.29 is 9.53 Å². The molecule has 0 fully saturated rings. The summed E-state index contributed by atoms with van der Waals surface area (Å²) in [6, 6.07) is 15.2. The van der Waals surface area contributed by atoms with Gasteiger partial charge in [0.25, 0.3) is 0 Å². The molecule has 3 aromatic rings. The van der Waals surface area contributed by atoms with Crippen LogP contribution in [0.3, 0.4) is 0 Å². The van der Waals surface area contributed by atoms with Crippen LogP contribution in [0.15, 0.2) is 73.3 Å². The zero-order chi connectivity index (χ0) is 21.0. The SMILES string of the molecule is CCOc1ccc(C(NCCc2ccncc2)C(=O)NCCc2ccncc2)cc1. The van der Waals surface area contributed by atoms with Crippen LogP contribution >= 0.6 is 0 Å². The van der Waals surface area contributed by atoms with Gasteiger partial charge in [0.15, 0.2) is 0 Å². The van der Waals surface area contributed by atoms with Gasteiger partial charge in [0.2, 0.25) is 5.91 Å². The van der Waals surface area contributed by atoms with Gasteiger partial charge in [-0.25, -0.2) is 0 Å². The molecule has 1 atom stereocenters. The first-order chi connectivity index (χ1) is 14.8. The number of amides is 1. The summed E-state index contributed by atoms with van der Waals surface area (Å²) >= 11 is 0. The van der Waals surface area contributed by atoms with Crippen molar-refractivity contribution in [3.63, 3.8) is 0 Å². The van der Waals surface area contributed by atoms with Crippen molar-refractivity contribution in [2.75, 3.05) is 19.7 Å². The van der Waals surface area contributed by atoms with Crippen molar-refractivity contribution in [2.24, 2.45) is 0 Å². The van der Waals surface area contributed by atoms with Crippen LogP contribution in [0, 0.1) is 0 Å². The molecule has 0 aliphatic carbocycles. The highest BCUT2D eigenvalue weighted by atomic mass is 16.5. The summed E-state index contributed by atoms with van der Waals surface area (Å²) in [5.41, 5.74) is 3.24. The van der Waals surface area contributed by atoms with E-state index >= 15 is 0 Å². The van der Waals surface area contributed by atoms with Crippen LogP contribution in [0.4, 0.5) is 0 Å². The minimum atomic E-state index is -0.431. The number of rotatable bonds is 11. The van der Waals surface area contributed by atoms with E-state index in [4.69, 9.17) is 4.74 Å². The highest BCUT2D eigenvalue weighted by molar-refractivity contribution is 5.83. The Morgan fingerprint density at radius 1 is 0.867 bits per heavy atom. The van der Waals surface area contributed by atoms with Crippen molar-refractivity contribution in [3.8, 4) is 5.75 Å². The van der Waals surface area contributed by atoms with E-state index in [1.165, 1.54) is 5.56 Å². The molecule has 6 heteroatoms. The molecule has 1 aromatic carbocycles. The van der Waals surface area contributed by atoms with Gasteiger partial charge in [-0.05, 0) is 72.9 Å². The summed E-state index contributed by atoms with van der Waals surface area (Å²) < 4.78 is 5.52. The van der Waals surface area contributed by atoms with Gasteiger partial charge in [0, 0.05) is 37.9 Å². The van der Waals surface area contributed by atoms with E-state index in [2.05, 4.69) is 20.6 Å². The summed E-state index contributed by atoms with van der Waals surface area (Å²) in [6.45, 7) is 3.82. The summed E-state index contributed by atoms with van der Waals surface area (Å²) in [7, 11) is 0. The number of hydrogen-bond donors (Lipinski definition) is 2. The number of nitrogens with zero attached hydrogens (tertiary/aromatic N) is 2. The number of carbonyl (C=O) groups is 1. The zero-order valence-corrected chi connectivity index (χ0v) is 17.3. The third kappa shape index (κ3) is 6.67. The smallest absolute Gasteiger partial charge is 0.241 e. The van der Waals surface area contributed by atoms with E-state index in [0.29, 0.717) is 19.7 Å². The Balaban J connectivity index is 1.61. The Labute approximate surface area is 177 Å². The second kappa shape index (κ2) is 11.7. The van der Waals surface area contributed by atoms with Crippen molar-refractivity contribution in [3.05, 3.63) is 90.0 Å². The maximum Gasteiger partial charge on any atom is 0.241 e. The molecule has 0 saturated carbocycles. The minimum Gasteiger partial charge on any atom is -0.494 e. The number of hydrogen-bond acceptors (Lipinski definition) is 5. The monoisotopic (exact) mass is 404 g/mol. The van der Waals surface area contributed by atoms with E-state index in [0.717, 1.165) is 29.7 Å². The average molecular weight is 405 g/mol. The lowest BCUT2D eigenvalue weighted by Gasteiger charge is -2.19. The summed E-state index contributed by atoms with van der Waals surface area (Å²) in [6.07, 6.45) is 8.68. The van der Waals surface area contributed by atoms with Crippen LogP contribution in [0.5, 0.6) is 5.75 Å². The lowest BCUT2D eigenvalue weighted by Crippen LogP contribution is -2.39. The molecule has 0 radical (unpaired) electrons. The molecule has 0 bridgehead atoms. The number of ether oxygens (including phenoxy) is 1. The Morgan fingerprint density at radius 2 is 1.43 bits per heavy atom. The molecule has 2 heterocycles. The molecule has 3 rings (SSSR count). The summed E-state index contributed by atoms with van der Waals surface area (Å²) in [5, 5.41) is 6.46. The molecule has 2 N–H and O–H groups in total. The Kier molecular flexibility index (Phi) is 8.35. The van der Waals surface area contributed by atoms with Crippen molar-refractivity contribution in [2.45, 2.75) is 25.8 Å². The van der Waals surface area contributed by atoms with Gasteiger partial charge < -0.3 is 15.4 Å². The maximum atomic E-state index is 13.0. The first-order valence-electron chi connectivity index (χ1n) is 10.3. The fourth-order valence-electron chi connectivity index (χ4n) is 3.18. The topological polar surface area (TPSA) is 76.1 Å². The van der Waals surface area contributed by atoms with E-state index in [-0.39, 0.29) is 5.91 Å². The lowest BCUT2D eigenvalue weighted by atomic mass is 10.0. The molecule has 156 valence electrons. The normalized spacial score (nSPS) is 11.6.